The molecule has 0 aliphatic carbocycles. The van der Waals surface area contributed by atoms with E-state index in [1.165, 1.54) is 19.1 Å². The number of amides is 2. The number of rotatable bonds is 6. The molecule has 1 fully saturated rings. The number of ether oxygens (including phenoxy) is 3. The summed E-state index contributed by atoms with van der Waals surface area (Å²) in [6.45, 7) is 1.86. The molecule has 2 amide bonds. The van der Waals surface area contributed by atoms with E-state index < -0.39 is 0 Å². The molecule has 8 nitrogen and oxygen atoms in total. The van der Waals surface area contributed by atoms with Gasteiger partial charge in [-0.2, -0.15) is 0 Å². The Balaban J connectivity index is 0.00000338. The fraction of sp³-hybridized carbons (Fsp3) is 0.529. The van der Waals surface area contributed by atoms with E-state index in [0.717, 1.165) is 6.54 Å². The van der Waals surface area contributed by atoms with Crippen LogP contribution in [0.3, 0.4) is 0 Å². The lowest BCUT2D eigenvalue weighted by atomic mass is 10.1. The standard InChI is InChI=1S/C17H25N3O5.ClH/c1-20(2)17(22)12-8-14(23-3)15(24-4)9-13(12)19-16(21)7-11-10-25-6-5-18-11;/h8-9,11,18H,5-7,10H2,1-4H3,(H,19,21);1H. The molecule has 0 saturated carbocycles. The minimum absolute atomic E-state index is 0. The molecule has 2 rings (SSSR count). The van der Waals surface area contributed by atoms with Gasteiger partial charge < -0.3 is 29.7 Å². The van der Waals surface area contributed by atoms with E-state index in [1.54, 1.807) is 26.2 Å². The first-order chi connectivity index (χ1) is 12.0. The molecule has 1 atom stereocenters. The van der Waals surface area contributed by atoms with Crippen LogP contribution in [0, 0.1) is 0 Å². The Kier molecular flexibility index (Phi) is 8.64. The summed E-state index contributed by atoms with van der Waals surface area (Å²) in [7, 11) is 6.29. The second-order valence-electron chi connectivity index (χ2n) is 5.93. The van der Waals surface area contributed by atoms with Crippen LogP contribution < -0.4 is 20.1 Å². The fourth-order valence-corrected chi connectivity index (χ4v) is 2.58. The zero-order chi connectivity index (χ0) is 18.4. The second-order valence-corrected chi connectivity index (χ2v) is 5.93. The van der Waals surface area contributed by atoms with Gasteiger partial charge in [-0.05, 0) is 6.07 Å². The van der Waals surface area contributed by atoms with Gasteiger partial charge in [0.1, 0.15) is 0 Å². The number of anilines is 1. The monoisotopic (exact) mass is 387 g/mol. The lowest BCUT2D eigenvalue weighted by molar-refractivity contribution is -0.117. The minimum Gasteiger partial charge on any atom is -0.493 e. The maximum atomic E-state index is 12.5. The SMILES string of the molecule is COc1cc(NC(=O)CC2COCCN2)c(C(=O)N(C)C)cc1OC.Cl. The Morgan fingerprint density at radius 2 is 1.92 bits per heavy atom. The van der Waals surface area contributed by atoms with Gasteiger partial charge in [0.25, 0.3) is 5.91 Å². The molecule has 1 heterocycles. The lowest BCUT2D eigenvalue weighted by Crippen LogP contribution is -2.43. The number of halogens is 1. The van der Waals surface area contributed by atoms with Crippen LogP contribution in [-0.4, -0.2) is 70.8 Å². The Bertz CT molecular complexity index is 633. The first kappa shape index (κ1) is 22.0. The molecule has 1 aromatic rings. The van der Waals surface area contributed by atoms with Crippen molar-refractivity contribution in [2.24, 2.45) is 0 Å². The molecule has 1 saturated heterocycles. The predicted octanol–water partition coefficient (Wildman–Crippen LogP) is 1.14. The molecule has 0 aromatic heterocycles. The molecule has 0 spiro atoms. The van der Waals surface area contributed by atoms with Crippen LogP contribution in [0.4, 0.5) is 5.69 Å². The molecule has 1 aliphatic heterocycles. The third-order valence-corrected chi connectivity index (χ3v) is 3.86. The summed E-state index contributed by atoms with van der Waals surface area (Å²) in [5, 5.41) is 6.03. The number of carbonyl (C=O) groups is 2. The number of carbonyl (C=O) groups excluding carboxylic acids is 2. The van der Waals surface area contributed by atoms with Gasteiger partial charge in [0.05, 0.1) is 38.7 Å². The van der Waals surface area contributed by atoms with Gasteiger partial charge in [-0.3, -0.25) is 9.59 Å². The van der Waals surface area contributed by atoms with E-state index >= 15 is 0 Å². The molecule has 2 N–H and O–H groups in total. The van der Waals surface area contributed by atoms with E-state index in [1.807, 2.05) is 0 Å². The largest absolute Gasteiger partial charge is 0.493 e. The van der Waals surface area contributed by atoms with Gasteiger partial charge in [0, 0.05) is 39.2 Å². The number of hydrogen-bond acceptors (Lipinski definition) is 6. The normalized spacial score (nSPS) is 16.2. The topological polar surface area (TPSA) is 89.1 Å². The van der Waals surface area contributed by atoms with Gasteiger partial charge in [-0.15, -0.1) is 12.4 Å². The van der Waals surface area contributed by atoms with Crippen LogP contribution >= 0.6 is 12.4 Å². The predicted molar refractivity (Wildman–Crippen MR) is 101 cm³/mol. The molecule has 0 radical (unpaired) electrons. The van der Waals surface area contributed by atoms with Crippen LogP contribution in [0.2, 0.25) is 0 Å². The van der Waals surface area contributed by atoms with E-state index in [4.69, 9.17) is 14.2 Å². The van der Waals surface area contributed by atoms with Crippen molar-refractivity contribution in [3.63, 3.8) is 0 Å². The van der Waals surface area contributed by atoms with Gasteiger partial charge in [-0.1, -0.05) is 0 Å². The quantitative estimate of drug-likeness (QED) is 0.761. The lowest BCUT2D eigenvalue weighted by Gasteiger charge is -2.23. The van der Waals surface area contributed by atoms with Crippen LogP contribution in [0.25, 0.3) is 0 Å². The average molecular weight is 388 g/mol. The highest BCUT2D eigenvalue weighted by Crippen LogP contribution is 2.34. The summed E-state index contributed by atoms with van der Waals surface area (Å²) >= 11 is 0. The number of nitrogens with zero attached hydrogens (tertiary/aromatic N) is 1. The van der Waals surface area contributed by atoms with Gasteiger partial charge in [0.2, 0.25) is 5.91 Å². The minimum atomic E-state index is -0.240. The van der Waals surface area contributed by atoms with E-state index in [-0.39, 0.29) is 36.7 Å². The highest BCUT2D eigenvalue weighted by Gasteiger charge is 2.22. The Morgan fingerprint density at radius 3 is 2.46 bits per heavy atom. The van der Waals surface area contributed by atoms with Gasteiger partial charge in [-0.25, -0.2) is 0 Å². The molecule has 146 valence electrons. The molecule has 26 heavy (non-hydrogen) atoms. The third-order valence-electron chi connectivity index (χ3n) is 3.86. The zero-order valence-electron chi connectivity index (χ0n) is 15.5. The van der Waals surface area contributed by atoms with Crippen molar-refractivity contribution in [2.45, 2.75) is 12.5 Å². The maximum Gasteiger partial charge on any atom is 0.255 e. The highest BCUT2D eigenvalue weighted by molar-refractivity contribution is 6.04. The van der Waals surface area contributed by atoms with E-state index in [9.17, 15) is 9.59 Å². The van der Waals surface area contributed by atoms with Crippen molar-refractivity contribution in [3.05, 3.63) is 17.7 Å². The Hall–Kier alpha value is -2.03. The van der Waals surface area contributed by atoms with Crippen LogP contribution in [0.1, 0.15) is 16.8 Å². The first-order valence-electron chi connectivity index (χ1n) is 8.05. The van der Waals surface area contributed by atoms with Crippen LogP contribution in [0.15, 0.2) is 12.1 Å². The molecular weight excluding hydrogens is 362 g/mol. The summed E-state index contributed by atoms with van der Waals surface area (Å²) in [5.41, 5.74) is 0.724. The van der Waals surface area contributed by atoms with Gasteiger partial charge >= 0.3 is 0 Å². The molecule has 0 bridgehead atoms. The number of nitrogens with one attached hydrogen (secondary N) is 2. The van der Waals surface area contributed by atoms with E-state index in [2.05, 4.69) is 10.6 Å². The van der Waals surface area contributed by atoms with Crippen molar-refractivity contribution in [3.8, 4) is 11.5 Å². The first-order valence-corrected chi connectivity index (χ1v) is 8.05. The Labute approximate surface area is 159 Å². The van der Waals surface area contributed by atoms with Gasteiger partial charge in [0.15, 0.2) is 11.5 Å². The van der Waals surface area contributed by atoms with Crippen molar-refractivity contribution in [2.75, 3.05) is 53.4 Å². The average Bonchev–Trinajstić information content (AvgIpc) is 2.61. The van der Waals surface area contributed by atoms with Crippen molar-refractivity contribution in [1.29, 1.82) is 0 Å². The summed E-state index contributed by atoms with van der Waals surface area (Å²) < 4.78 is 15.9. The molecule has 1 aliphatic rings. The number of hydrogen-bond donors (Lipinski definition) is 2. The van der Waals surface area contributed by atoms with Crippen molar-refractivity contribution in [1.82, 2.24) is 10.2 Å². The molecular formula is C17H26ClN3O5. The zero-order valence-corrected chi connectivity index (χ0v) is 16.3. The smallest absolute Gasteiger partial charge is 0.255 e. The van der Waals surface area contributed by atoms with Crippen LogP contribution in [-0.2, 0) is 9.53 Å². The number of morpholine rings is 1. The summed E-state index contributed by atoms with van der Waals surface area (Å²) in [4.78, 5) is 26.3. The molecule has 1 aromatic carbocycles. The molecule has 1 unspecified atom stereocenters. The molecule has 9 heteroatoms. The van der Waals surface area contributed by atoms with E-state index in [0.29, 0.717) is 36.0 Å². The summed E-state index contributed by atoms with van der Waals surface area (Å²) in [6.07, 6.45) is 0.254. The second kappa shape index (κ2) is 10.2. The Morgan fingerprint density at radius 1 is 1.27 bits per heavy atom. The maximum absolute atomic E-state index is 12.5. The highest BCUT2D eigenvalue weighted by atomic mass is 35.5. The number of benzene rings is 1. The number of methoxy groups -OCH3 is 2. The van der Waals surface area contributed by atoms with Crippen LogP contribution in [0.5, 0.6) is 11.5 Å². The fourth-order valence-electron chi connectivity index (χ4n) is 2.58. The summed E-state index contributed by atoms with van der Waals surface area (Å²) in [5.74, 6) is 0.415. The van der Waals surface area contributed by atoms with Crippen molar-refractivity contribution >= 4 is 29.9 Å². The third kappa shape index (κ3) is 5.48. The van der Waals surface area contributed by atoms with Crippen molar-refractivity contribution < 1.29 is 23.8 Å². The summed E-state index contributed by atoms with van der Waals surface area (Å²) in [6, 6.07) is 3.12.